The molecule has 2 aromatic rings. The van der Waals surface area contributed by atoms with Crippen molar-refractivity contribution in [3.63, 3.8) is 0 Å². The molecule has 0 radical (unpaired) electrons. The molecule has 1 aliphatic carbocycles. The van der Waals surface area contributed by atoms with E-state index in [1.54, 1.807) is 6.21 Å². The average molecular weight is 384 g/mol. The molecule has 0 bridgehead atoms. The Morgan fingerprint density at radius 1 is 1.17 bits per heavy atom. The fourth-order valence-corrected chi connectivity index (χ4v) is 2.62. The van der Waals surface area contributed by atoms with E-state index in [1.807, 2.05) is 36.4 Å². The van der Waals surface area contributed by atoms with Crippen LogP contribution in [0, 0.1) is 6.92 Å². The van der Waals surface area contributed by atoms with E-state index in [9.17, 15) is 5.11 Å². The van der Waals surface area contributed by atoms with Crippen LogP contribution in [0.15, 0.2) is 47.5 Å². The molecule has 23 heavy (non-hydrogen) atoms. The van der Waals surface area contributed by atoms with Gasteiger partial charge in [0.05, 0.1) is 5.69 Å². The number of rotatable bonds is 3. The van der Waals surface area contributed by atoms with Gasteiger partial charge < -0.3 is 5.11 Å². The van der Waals surface area contributed by atoms with E-state index in [0.717, 1.165) is 16.8 Å². The molecule has 2 nitrogen and oxygen atoms in total. The molecule has 2 aromatic carbocycles. The number of halogens is 2. The van der Waals surface area contributed by atoms with Crippen LogP contribution in [0.3, 0.4) is 0 Å². The van der Waals surface area contributed by atoms with Crippen LogP contribution in [0.4, 0.5) is 5.69 Å². The van der Waals surface area contributed by atoms with Crippen LogP contribution in [0.5, 0.6) is 5.75 Å². The summed E-state index contributed by atoms with van der Waals surface area (Å²) in [5, 5.41) is 10.4. The fraction of sp³-hybridized carbons (Fsp3) is 0.278. The van der Waals surface area contributed by atoms with Crippen LogP contribution in [-0.4, -0.2) is 11.3 Å². The summed E-state index contributed by atoms with van der Waals surface area (Å²) >= 11 is -0.556. The average Bonchev–Trinajstić information content (AvgIpc) is 2.49. The number of aryl methyl sites for hydroxylation is 1. The van der Waals surface area contributed by atoms with Crippen molar-refractivity contribution < 1.29 is 22.1 Å². The summed E-state index contributed by atoms with van der Waals surface area (Å²) in [5.41, 5.74) is 3.99. The van der Waals surface area contributed by atoms with Crippen molar-refractivity contribution in [1.82, 2.24) is 0 Å². The predicted molar refractivity (Wildman–Crippen MR) is 94.8 cm³/mol. The fourth-order valence-electron chi connectivity index (χ4n) is 2.62. The molecule has 0 aromatic heterocycles. The second-order valence-corrected chi connectivity index (χ2v) is 8.16. The van der Waals surface area contributed by atoms with Crippen LogP contribution in [-0.2, 0) is 17.0 Å². The number of hydrogen-bond donors (Lipinski definition) is 1. The maximum atomic E-state index is 10.4. The molecule has 5 heteroatoms. The molecule has 0 atom stereocenters. The quantitative estimate of drug-likeness (QED) is 0.504. The summed E-state index contributed by atoms with van der Waals surface area (Å²) in [7, 11) is 9.78. The summed E-state index contributed by atoms with van der Waals surface area (Å²) in [6, 6.07) is 13.9. The van der Waals surface area contributed by atoms with Gasteiger partial charge in [-0.25, -0.2) is 0 Å². The van der Waals surface area contributed by atoms with Crippen LogP contribution in [0.2, 0.25) is 0 Å². The number of nitrogens with zero attached hydrogens (tertiary/aromatic N) is 1. The minimum atomic E-state index is -0.556. The molecule has 1 N–H and O–H groups in total. The van der Waals surface area contributed by atoms with E-state index < -0.39 is 17.0 Å². The van der Waals surface area contributed by atoms with E-state index in [1.165, 1.54) is 24.8 Å². The van der Waals surface area contributed by atoms with Crippen LogP contribution in [0.25, 0.3) is 0 Å². The van der Waals surface area contributed by atoms with Crippen molar-refractivity contribution in [1.29, 1.82) is 0 Å². The molecule has 0 unspecified atom stereocenters. The number of hydrogen-bond acceptors (Lipinski definition) is 2. The Balaban J connectivity index is 0.000000595. The summed E-state index contributed by atoms with van der Waals surface area (Å²) in [4.78, 5) is 4.44. The first-order valence-corrected chi connectivity index (χ1v) is 11.8. The Bertz CT molecular complexity index is 658. The van der Waals surface area contributed by atoms with E-state index in [2.05, 4.69) is 18.0 Å². The molecular formula is C18H19Cl2NOTi. The maximum absolute atomic E-state index is 10.4. The summed E-state index contributed by atoms with van der Waals surface area (Å²) in [6.45, 7) is 2.07. The monoisotopic (exact) mass is 383 g/mol. The molecule has 0 amide bonds. The van der Waals surface area contributed by atoms with Gasteiger partial charge in [0.2, 0.25) is 0 Å². The number of para-hydroxylation sites is 1. The molecule has 1 fully saturated rings. The Morgan fingerprint density at radius 3 is 2.39 bits per heavy atom. The molecule has 0 heterocycles. The SMILES string of the molecule is Cc1cc(C=Nc2ccccc2)c(O)c(C2CCC2)c1.[Cl][Ti][Cl]. The predicted octanol–water partition coefficient (Wildman–Crippen LogP) is 6.10. The van der Waals surface area contributed by atoms with Gasteiger partial charge in [-0.1, -0.05) is 30.7 Å². The van der Waals surface area contributed by atoms with Gasteiger partial charge in [-0.15, -0.1) is 0 Å². The van der Waals surface area contributed by atoms with Gasteiger partial charge in [-0.3, -0.25) is 4.99 Å². The normalized spacial score (nSPS) is 14.0. The zero-order valence-corrected chi connectivity index (χ0v) is 16.0. The third-order valence-electron chi connectivity index (χ3n) is 3.97. The van der Waals surface area contributed by atoms with Gasteiger partial charge in [0, 0.05) is 11.8 Å². The molecule has 1 saturated carbocycles. The van der Waals surface area contributed by atoms with Gasteiger partial charge in [-0.2, -0.15) is 0 Å². The molecule has 0 saturated heterocycles. The standard InChI is InChI=1S/C18H19NO.2ClH.Ti/c1-13-10-15(12-19-16-8-3-2-4-9-16)18(20)17(11-13)14-6-5-7-14;;;/h2-4,8-12,14,20H,5-7H2,1H3;2*1H;/q;;;+2/p-2. The van der Waals surface area contributed by atoms with E-state index >= 15 is 0 Å². The van der Waals surface area contributed by atoms with Crippen LogP contribution in [0.1, 0.15) is 41.9 Å². The molecule has 1 aliphatic rings. The third-order valence-corrected chi connectivity index (χ3v) is 3.97. The number of benzene rings is 2. The number of phenolic OH excluding ortho intramolecular Hbond substituents is 1. The first-order chi connectivity index (χ1) is 11.2. The van der Waals surface area contributed by atoms with Crippen molar-refractivity contribution in [3.05, 3.63) is 59.2 Å². The number of phenols is 1. The molecule has 3 rings (SSSR count). The van der Waals surface area contributed by atoms with Crippen LogP contribution < -0.4 is 0 Å². The molecule has 0 aliphatic heterocycles. The van der Waals surface area contributed by atoms with E-state index in [4.69, 9.17) is 18.6 Å². The summed E-state index contributed by atoms with van der Waals surface area (Å²) < 4.78 is 0. The Morgan fingerprint density at radius 2 is 1.83 bits per heavy atom. The van der Waals surface area contributed by atoms with Gasteiger partial charge >= 0.3 is 35.6 Å². The van der Waals surface area contributed by atoms with Crippen molar-refractivity contribution in [3.8, 4) is 5.75 Å². The van der Waals surface area contributed by atoms with E-state index in [0.29, 0.717) is 11.7 Å². The Kier molecular flexibility index (Phi) is 7.65. The van der Waals surface area contributed by atoms with Gasteiger partial charge in [0.25, 0.3) is 0 Å². The number of aliphatic imine (C=N–C) groups is 1. The van der Waals surface area contributed by atoms with Gasteiger partial charge in [0.15, 0.2) is 0 Å². The minimum absolute atomic E-state index is 0.403. The van der Waals surface area contributed by atoms with Crippen molar-refractivity contribution >= 4 is 30.5 Å². The first-order valence-electron chi connectivity index (χ1n) is 7.54. The zero-order valence-electron chi connectivity index (χ0n) is 13.0. The second-order valence-electron chi connectivity index (χ2n) is 5.58. The van der Waals surface area contributed by atoms with E-state index in [-0.39, 0.29) is 0 Å². The van der Waals surface area contributed by atoms with Crippen molar-refractivity contribution in [2.75, 3.05) is 0 Å². The first kappa shape index (κ1) is 18.5. The van der Waals surface area contributed by atoms with Gasteiger partial charge in [0.1, 0.15) is 5.75 Å². The summed E-state index contributed by atoms with van der Waals surface area (Å²) in [5.74, 6) is 0.929. The Hall–Kier alpha value is -0.796. The van der Waals surface area contributed by atoms with Gasteiger partial charge in [-0.05, 0) is 55.0 Å². The molecular weight excluding hydrogens is 365 g/mol. The van der Waals surface area contributed by atoms with Crippen molar-refractivity contribution in [2.24, 2.45) is 4.99 Å². The Labute approximate surface area is 154 Å². The topological polar surface area (TPSA) is 32.6 Å². The molecule has 120 valence electrons. The second kappa shape index (κ2) is 9.49. The summed E-state index contributed by atoms with van der Waals surface area (Å²) in [6.07, 6.45) is 5.41. The third kappa shape index (κ3) is 5.36. The molecule has 0 spiro atoms. The van der Waals surface area contributed by atoms with Crippen LogP contribution >= 0.6 is 18.6 Å². The van der Waals surface area contributed by atoms with Crippen molar-refractivity contribution in [2.45, 2.75) is 32.1 Å². The number of aromatic hydroxyl groups is 1. The zero-order chi connectivity index (χ0) is 16.7.